The predicted octanol–water partition coefficient (Wildman–Crippen LogP) is 4.35. The fourth-order valence-corrected chi connectivity index (χ4v) is 2.77. The molecular formula is C17H21N3O4S. The Bertz CT molecular complexity index is 830. The molecule has 0 aliphatic rings. The summed E-state index contributed by atoms with van der Waals surface area (Å²) in [6.45, 7) is 11.3. The van der Waals surface area contributed by atoms with Crippen molar-refractivity contribution in [1.82, 2.24) is 9.38 Å². The van der Waals surface area contributed by atoms with Crippen LogP contribution in [0.2, 0.25) is 0 Å². The lowest BCUT2D eigenvalue weighted by molar-refractivity contribution is -0.416. The van der Waals surface area contributed by atoms with Crippen molar-refractivity contribution >= 4 is 27.8 Å². The molecule has 0 N–H and O–H groups in total. The number of nitrogens with zero attached hydrogens (tertiary/aromatic N) is 3. The van der Waals surface area contributed by atoms with Crippen LogP contribution in [0.4, 0.5) is 0 Å². The number of allylic oxidation sites excluding steroid dienone is 4. The quantitative estimate of drug-likeness (QED) is 0.329. The Hall–Kier alpha value is -2.74. The van der Waals surface area contributed by atoms with Crippen molar-refractivity contribution in [2.45, 2.75) is 27.7 Å². The van der Waals surface area contributed by atoms with Gasteiger partial charge in [0.05, 0.1) is 22.8 Å². The van der Waals surface area contributed by atoms with Crippen LogP contribution in [0.25, 0.3) is 10.5 Å². The molecule has 0 unspecified atom stereocenters. The van der Waals surface area contributed by atoms with E-state index in [1.54, 1.807) is 34.9 Å². The van der Waals surface area contributed by atoms with Crippen molar-refractivity contribution in [3.8, 4) is 0 Å². The number of aromatic nitrogens is 2. The highest BCUT2D eigenvalue weighted by Gasteiger charge is 2.22. The molecule has 0 aliphatic heterocycles. The molecule has 0 aromatic carbocycles. The van der Waals surface area contributed by atoms with E-state index in [2.05, 4.69) is 11.6 Å². The number of thiazole rings is 1. The molecule has 0 radical (unpaired) electrons. The summed E-state index contributed by atoms with van der Waals surface area (Å²) < 4.78 is 6.54. The third-order valence-electron chi connectivity index (χ3n) is 2.96. The number of ether oxygens (including phenoxy) is 1. The van der Waals surface area contributed by atoms with E-state index >= 15 is 0 Å². The first-order chi connectivity index (χ1) is 12.0. The number of hydrogen-bond acceptors (Lipinski definition) is 6. The second-order valence-corrected chi connectivity index (χ2v) is 5.27. The Kier molecular flexibility index (Phi) is 7.74. The Morgan fingerprint density at radius 2 is 2.20 bits per heavy atom. The molecule has 7 nitrogen and oxygen atoms in total. The SMILES string of the molecule is C=C(/C(=C\C=C/C)c1csc2nc(C(=O)OCC)cn12)[N+](=O)[O-].CC. The molecule has 0 aliphatic carbocycles. The van der Waals surface area contributed by atoms with Crippen molar-refractivity contribution in [3.63, 3.8) is 0 Å². The minimum Gasteiger partial charge on any atom is -0.461 e. The van der Waals surface area contributed by atoms with Crippen LogP contribution < -0.4 is 0 Å². The monoisotopic (exact) mass is 363 g/mol. The highest BCUT2D eigenvalue weighted by Crippen LogP contribution is 2.28. The molecule has 0 spiro atoms. The number of esters is 1. The van der Waals surface area contributed by atoms with Crippen molar-refractivity contribution in [1.29, 1.82) is 0 Å². The smallest absolute Gasteiger partial charge is 0.358 e. The van der Waals surface area contributed by atoms with Crippen molar-refractivity contribution in [2.75, 3.05) is 6.61 Å². The topological polar surface area (TPSA) is 86.7 Å². The van der Waals surface area contributed by atoms with E-state index in [9.17, 15) is 14.9 Å². The summed E-state index contributed by atoms with van der Waals surface area (Å²) in [5.41, 5.74) is 0.839. The van der Waals surface area contributed by atoms with Crippen LogP contribution in [-0.2, 0) is 4.74 Å². The number of imidazole rings is 1. The number of rotatable bonds is 6. The van der Waals surface area contributed by atoms with E-state index in [1.165, 1.54) is 17.5 Å². The van der Waals surface area contributed by atoms with E-state index in [-0.39, 0.29) is 18.0 Å². The molecule has 0 fully saturated rings. The van der Waals surface area contributed by atoms with Gasteiger partial charge >= 0.3 is 5.97 Å². The van der Waals surface area contributed by atoms with Gasteiger partial charge in [0.25, 0.3) is 5.70 Å². The molecule has 2 heterocycles. The molecule has 2 aromatic heterocycles. The van der Waals surface area contributed by atoms with Gasteiger partial charge in [-0.2, -0.15) is 0 Å². The van der Waals surface area contributed by atoms with Gasteiger partial charge in [0.15, 0.2) is 10.7 Å². The lowest BCUT2D eigenvalue weighted by Crippen LogP contribution is -2.05. The highest BCUT2D eigenvalue weighted by atomic mass is 32.1. The van der Waals surface area contributed by atoms with Crippen molar-refractivity contribution in [2.24, 2.45) is 0 Å². The van der Waals surface area contributed by atoms with Gasteiger partial charge in [-0.15, -0.1) is 11.3 Å². The van der Waals surface area contributed by atoms with E-state index in [0.717, 1.165) is 0 Å². The average molecular weight is 363 g/mol. The Balaban J connectivity index is 0.00000151. The fourth-order valence-electron chi connectivity index (χ4n) is 1.90. The first kappa shape index (κ1) is 20.3. The molecule has 134 valence electrons. The molecule has 2 rings (SSSR count). The lowest BCUT2D eigenvalue weighted by atomic mass is 10.1. The first-order valence-electron chi connectivity index (χ1n) is 7.80. The minimum atomic E-state index is -0.540. The summed E-state index contributed by atoms with van der Waals surface area (Å²) in [5, 5.41) is 12.8. The molecule has 8 heteroatoms. The van der Waals surface area contributed by atoms with E-state index in [4.69, 9.17) is 4.74 Å². The first-order valence-corrected chi connectivity index (χ1v) is 8.68. The Morgan fingerprint density at radius 3 is 2.76 bits per heavy atom. The normalized spacial score (nSPS) is 11.3. The van der Waals surface area contributed by atoms with Crippen LogP contribution in [0, 0.1) is 10.1 Å². The van der Waals surface area contributed by atoms with Gasteiger partial charge in [-0.25, -0.2) is 9.78 Å². The summed E-state index contributed by atoms with van der Waals surface area (Å²) in [6, 6.07) is 0. The minimum absolute atomic E-state index is 0.164. The van der Waals surface area contributed by atoms with Gasteiger partial charge in [0.2, 0.25) is 0 Å². The number of nitro groups is 1. The summed E-state index contributed by atoms with van der Waals surface area (Å²) in [7, 11) is 0. The fraction of sp³-hybridized carbons (Fsp3) is 0.294. The highest BCUT2D eigenvalue weighted by molar-refractivity contribution is 7.15. The third kappa shape index (κ3) is 4.63. The zero-order chi connectivity index (χ0) is 19.0. The molecule has 0 amide bonds. The molecule has 0 bridgehead atoms. The lowest BCUT2D eigenvalue weighted by Gasteiger charge is -2.02. The van der Waals surface area contributed by atoms with Gasteiger partial charge in [0, 0.05) is 11.6 Å². The largest absolute Gasteiger partial charge is 0.461 e. The van der Waals surface area contributed by atoms with Crippen LogP contribution in [0.1, 0.15) is 43.9 Å². The van der Waals surface area contributed by atoms with Gasteiger partial charge in [-0.05, 0) is 26.5 Å². The van der Waals surface area contributed by atoms with Crippen LogP contribution in [0.5, 0.6) is 0 Å². The standard InChI is InChI=1S/C15H15N3O4S.C2H6/c1-4-6-7-11(10(3)18(20)21)13-9-23-15-16-12(8-17(13)15)14(19)22-5-2;1-2/h4,6-9H,3,5H2,1-2H3;1-2H3/b6-4-,11-7+;. The average Bonchev–Trinajstić information content (AvgIpc) is 3.18. The van der Waals surface area contributed by atoms with Gasteiger partial charge in [-0.1, -0.05) is 26.0 Å². The van der Waals surface area contributed by atoms with E-state index in [0.29, 0.717) is 16.2 Å². The van der Waals surface area contributed by atoms with Crippen LogP contribution in [0.15, 0.2) is 42.1 Å². The maximum absolute atomic E-state index is 11.8. The van der Waals surface area contributed by atoms with Crippen LogP contribution in [-0.4, -0.2) is 26.9 Å². The third-order valence-corrected chi connectivity index (χ3v) is 3.80. The van der Waals surface area contributed by atoms with Crippen molar-refractivity contribution < 1.29 is 14.5 Å². The Labute approximate surface area is 150 Å². The number of hydrogen-bond donors (Lipinski definition) is 0. The number of carbonyl (C=O) groups excluding carboxylic acids is 1. The van der Waals surface area contributed by atoms with Gasteiger partial charge in [-0.3, -0.25) is 14.5 Å². The zero-order valence-corrected chi connectivity index (χ0v) is 15.5. The van der Waals surface area contributed by atoms with Gasteiger partial charge < -0.3 is 4.74 Å². The van der Waals surface area contributed by atoms with E-state index in [1.807, 2.05) is 20.8 Å². The number of carbonyl (C=O) groups is 1. The zero-order valence-electron chi connectivity index (χ0n) is 14.7. The molecule has 0 saturated carbocycles. The molecule has 0 atom stereocenters. The van der Waals surface area contributed by atoms with Crippen LogP contribution >= 0.6 is 11.3 Å². The molecular weight excluding hydrogens is 342 g/mol. The Morgan fingerprint density at radius 1 is 1.52 bits per heavy atom. The van der Waals surface area contributed by atoms with E-state index < -0.39 is 10.9 Å². The second-order valence-electron chi connectivity index (χ2n) is 4.43. The predicted molar refractivity (Wildman–Crippen MR) is 99.3 cm³/mol. The summed E-state index contributed by atoms with van der Waals surface area (Å²) in [4.78, 5) is 27.0. The molecule has 25 heavy (non-hydrogen) atoms. The summed E-state index contributed by atoms with van der Waals surface area (Å²) >= 11 is 1.28. The maximum Gasteiger partial charge on any atom is 0.358 e. The summed E-state index contributed by atoms with van der Waals surface area (Å²) in [6.07, 6.45) is 6.57. The maximum atomic E-state index is 11.8. The summed E-state index contributed by atoms with van der Waals surface area (Å²) in [5.74, 6) is -0.526. The molecule has 0 saturated heterocycles. The molecule has 2 aromatic rings. The second kappa shape index (κ2) is 9.53. The number of fused-ring (bicyclic) bond motifs is 1. The van der Waals surface area contributed by atoms with Crippen molar-refractivity contribution in [3.05, 3.63) is 63.6 Å². The van der Waals surface area contributed by atoms with Crippen LogP contribution in [0.3, 0.4) is 0 Å². The van der Waals surface area contributed by atoms with Gasteiger partial charge in [0.1, 0.15) is 0 Å².